The first-order chi connectivity index (χ1) is 11.0. The number of hydrogen-bond donors (Lipinski definition) is 1. The number of nitrogens with one attached hydrogen (secondary N) is 1. The van der Waals surface area contributed by atoms with E-state index in [1.807, 2.05) is 17.8 Å². The molecule has 0 unspecified atom stereocenters. The second-order valence-electron chi connectivity index (χ2n) is 6.16. The van der Waals surface area contributed by atoms with Crippen molar-refractivity contribution in [2.75, 3.05) is 18.4 Å². The average Bonchev–Trinajstić information content (AvgIpc) is 3.20. The molecule has 3 heterocycles. The maximum absolute atomic E-state index is 12.3. The Morgan fingerprint density at radius 2 is 2.30 bits per heavy atom. The molecule has 1 fully saturated rings. The minimum Gasteiger partial charge on any atom is -0.299 e. The molecule has 1 saturated heterocycles. The van der Waals surface area contributed by atoms with Crippen LogP contribution in [0, 0.1) is 0 Å². The Morgan fingerprint density at radius 1 is 1.48 bits per heavy atom. The van der Waals surface area contributed by atoms with Gasteiger partial charge in [0.1, 0.15) is 5.01 Å². The number of anilines is 1. The van der Waals surface area contributed by atoms with Gasteiger partial charge in [-0.15, -0.1) is 10.2 Å². The van der Waals surface area contributed by atoms with Gasteiger partial charge in [-0.2, -0.15) is 5.10 Å². The zero-order valence-corrected chi connectivity index (χ0v) is 14.5. The summed E-state index contributed by atoms with van der Waals surface area (Å²) in [6.45, 7) is 5.42. The van der Waals surface area contributed by atoms with Crippen molar-refractivity contribution in [3.63, 3.8) is 0 Å². The van der Waals surface area contributed by atoms with E-state index in [9.17, 15) is 4.79 Å². The summed E-state index contributed by atoms with van der Waals surface area (Å²) in [5.41, 5.74) is 1.16. The molecule has 23 heavy (non-hydrogen) atoms. The maximum atomic E-state index is 12.3. The van der Waals surface area contributed by atoms with E-state index in [0.717, 1.165) is 30.1 Å². The molecule has 1 N–H and O–H groups in total. The van der Waals surface area contributed by atoms with Crippen LogP contribution in [-0.4, -0.2) is 43.9 Å². The second kappa shape index (κ2) is 6.76. The van der Waals surface area contributed by atoms with Crippen molar-refractivity contribution in [1.82, 2.24) is 24.9 Å². The molecule has 2 aromatic rings. The molecule has 0 aliphatic carbocycles. The number of hydrogen-bond acceptors (Lipinski definition) is 6. The fourth-order valence-electron chi connectivity index (χ4n) is 2.92. The standard InChI is InChI=1S/C15H22N6OS/c1-10(2)14-18-19-15(23-14)17-13(22)9-21-8-4-5-12(21)11-6-7-16-20(11)3/h6-7,10,12H,4-5,8-9H2,1-3H3,(H,17,19,22)/t12-/m0/s1. The van der Waals surface area contributed by atoms with Gasteiger partial charge in [-0.3, -0.25) is 19.7 Å². The molecule has 7 nitrogen and oxygen atoms in total. The molecule has 0 saturated carbocycles. The largest absolute Gasteiger partial charge is 0.299 e. The Kier molecular flexibility index (Phi) is 4.72. The number of rotatable bonds is 5. The van der Waals surface area contributed by atoms with Crippen LogP contribution in [0.15, 0.2) is 12.3 Å². The lowest BCUT2D eigenvalue weighted by Crippen LogP contribution is -2.33. The van der Waals surface area contributed by atoms with Gasteiger partial charge in [0.05, 0.1) is 18.3 Å². The molecule has 0 spiro atoms. The van der Waals surface area contributed by atoms with Gasteiger partial charge in [-0.25, -0.2) is 0 Å². The van der Waals surface area contributed by atoms with E-state index in [-0.39, 0.29) is 11.9 Å². The Labute approximate surface area is 139 Å². The molecule has 1 aliphatic rings. The number of likely N-dealkylation sites (tertiary alicyclic amines) is 1. The molecule has 1 atom stereocenters. The number of carbonyl (C=O) groups excluding carboxylic acids is 1. The molecule has 8 heteroatoms. The van der Waals surface area contributed by atoms with Gasteiger partial charge in [-0.1, -0.05) is 25.2 Å². The van der Waals surface area contributed by atoms with Crippen LogP contribution in [0.5, 0.6) is 0 Å². The fourth-order valence-corrected chi connectivity index (χ4v) is 3.68. The minimum atomic E-state index is -0.0366. The summed E-state index contributed by atoms with van der Waals surface area (Å²) in [7, 11) is 1.95. The van der Waals surface area contributed by atoms with Crippen molar-refractivity contribution in [2.24, 2.45) is 7.05 Å². The quantitative estimate of drug-likeness (QED) is 0.907. The molecule has 0 aromatic carbocycles. The minimum absolute atomic E-state index is 0.0366. The number of aromatic nitrogens is 4. The summed E-state index contributed by atoms with van der Waals surface area (Å²) in [4.78, 5) is 14.5. The highest BCUT2D eigenvalue weighted by atomic mass is 32.1. The van der Waals surface area contributed by atoms with E-state index < -0.39 is 0 Å². The van der Waals surface area contributed by atoms with Crippen LogP contribution in [0.2, 0.25) is 0 Å². The first kappa shape index (κ1) is 16.1. The van der Waals surface area contributed by atoms with Crippen LogP contribution in [0.4, 0.5) is 5.13 Å². The molecule has 2 aromatic heterocycles. The van der Waals surface area contributed by atoms with Gasteiger partial charge >= 0.3 is 0 Å². The monoisotopic (exact) mass is 334 g/mol. The number of amides is 1. The molecular formula is C15H22N6OS. The molecule has 124 valence electrons. The molecular weight excluding hydrogens is 312 g/mol. The first-order valence-electron chi connectivity index (χ1n) is 7.90. The van der Waals surface area contributed by atoms with Gasteiger partial charge < -0.3 is 0 Å². The van der Waals surface area contributed by atoms with E-state index >= 15 is 0 Å². The zero-order chi connectivity index (χ0) is 16.4. The van der Waals surface area contributed by atoms with Crippen molar-refractivity contribution < 1.29 is 4.79 Å². The smallest absolute Gasteiger partial charge is 0.240 e. The lowest BCUT2D eigenvalue weighted by Gasteiger charge is -2.23. The third kappa shape index (κ3) is 3.59. The van der Waals surface area contributed by atoms with Crippen molar-refractivity contribution in [2.45, 2.75) is 38.6 Å². The summed E-state index contributed by atoms with van der Waals surface area (Å²) in [5, 5.41) is 16.8. The second-order valence-corrected chi connectivity index (χ2v) is 7.17. The number of carbonyl (C=O) groups is 1. The lowest BCUT2D eigenvalue weighted by molar-refractivity contribution is -0.117. The van der Waals surface area contributed by atoms with Crippen LogP contribution >= 0.6 is 11.3 Å². The van der Waals surface area contributed by atoms with Crippen LogP contribution in [0.25, 0.3) is 0 Å². The third-order valence-corrected chi connectivity index (χ3v) is 5.23. The van der Waals surface area contributed by atoms with Crippen molar-refractivity contribution in [3.8, 4) is 0 Å². The SMILES string of the molecule is CC(C)c1nnc(NC(=O)CN2CCC[C@H]2c2ccnn2C)s1. The summed E-state index contributed by atoms with van der Waals surface area (Å²) in [6.07, 6.45) is 3.96. The van der Waals surface area contributed by atoms with Gasteiger partial charge in [0.2, 0.25) is 11.0 Å². The van der Waals surface area contributed by atoms with Crippen LogP contribution < -0.4 is 5.32 Å². The van der Waals surface area contributed by atoms with E-state index in [0.29, 0.717) is 17.6 Å². The van der Waals surface area contributed by atoms with E-state index in [1.165, 1.54) is 11.3 Å². The topological polar surface area (TPSA) is 75.9 Å². The maximum Gasteiger partial charge on any atom is 0.240 e. The normalized spacial score (nSPS) is 18.7. The van der Waals surface area contributed by atoms with Gasteiger partial charge in [0.25, 0.3) is 0 Å². The average molecular weight is 334 g/mol. The molecule has 1 amide bonds. The van der Waals surface area contributed by atoms with Crippen molar-refractivity contribution >= 4 is 22.4 Å². The lowest BCUT2D eigenvalue weighted by atomic mass is 10.1. The third-order valence-electron chi connectivity index (χ3n) is 4.09. The Balaban J connectivity index is 1.61. The predicted octanol–water partition coefficient (Wildman–Crippen LogP) is 2.17. The van der Waals surface area contributed by atoms with Crippen LogP contribution in [0.3, 0.4) is 0 Å². The highest BCUT2D eigenvalue weighted by molar-refractivity contribution is 7.15. The zero-order valence-electron chi connectivity index (χ0n) is 13.7. The summed E-state index contributed by atoms with van der Waals surface area (Å²) < 4.78 is 1.89. The molecule has 0 bridgehead atoms. The fraction of sp³-hybridized carbons (Fsp3) is 0.600. The highest BCUT2D eigenvalue weighted by Crippen LogP contribution is 2.31. The van der Waals surface area contributed by atoms with Crippen LogP contribution in [-0.2, 0) is 11.8 Å². The number of aryl methyl sites for hydroxylation is 1. The molecule has 3 rings (SSSR count). The molecule has 0 radical (unpaired) electrons. The highest BCUT2D eigenvalue weighted by Gasteiger charge is 2.29. The Bertz CT molecular complexity index is 679. The van der Waals surface area contributed by atoms with Crippen LogP contribution in [0.1, 0.15) is 49.4 Å². The van der Waals surface area contributed by atoms with Gasteiger partial charge in [-0.05, 0) is 25.5 Å². The summed E-state index contributed by atoms with van der Waals surface area (Å²) in [6, 6.07) is 2.29. The van der Waals surface area contributed by atoms with Gasteiger partial charge in [0.15, 0.2) is 0 Å². The number of nitrogens with zero attached hydrogens (tertiary/aromatic N) is 5. The van der Waals surface area contributed by atoms with E-state index in [2.05, 4.69) is 39.4 Å². The predicted molar refractivity (Wildman–Crippen MR) is 89.4 cm³/mol. The van der Waals surface area contributed by atoms with E-state index in [1.54, 1.807) is 6.20 Å². The molecule has 1 aliphatic heterocycles. The van der Waals surface area contributed by atoms with Crippen molar-refractivity contribution in [1.29, 1.82) is 0 Å². The van der Waals surface area contributed by atoms with Crippen molar-refractivity contribution in [3.05, 3.63) is 23.0 Å². The Morgan fingerprint density at radius 3 is 2.96 bits per heavy atom. The van der Waals surface area contributed by atoms with Gasteiger partial charge in [0, 0.05) is 19.2 Å². The Hall–Kier alpha value is -1.80. The first-order valence-corrected chi connectivity index (χ1v) is 8.71. The summed E-state index contributed by atoms with van der Waals surface area (Å²) in [5.74, 6) is 0.288. The van der Waals surface area contributed by atoms with E-state index in [4.69, 9.17) is 0 Å². The summed E-state index contributed by atoms with van der Waals surface area (Å²) >= 11 is 1.44.